The third kappa shape index (κ3) is 3.71. The molecule has 28 heavy (non-hydrogen) atoms. The van der Waals surface area contributed by atoms with Gasteiger partial charge in [0.2, 0.25) is 10.0 Å². The Kier molecular flexibility index (Phi) is 5.00. The maximum atomic E-state index is 12.2. The van der Waals surface area contributed by atoms with E-state index in [2.05, 4.69) is 25.1 Å². The summed E-state index contributed by atoms with van der Waals surface area (Å²) in [5.41, 5.74) is 1.58. The molecule has 0 aliphatic rings. The van der Waals surface area contributed by atoms with Crippen LogP contribution < -0.4 is 10.0 Å². The Bertz CT molecular complexity index is 1180. The van der Waals surface area contributed by atoms with Crippen molar-refractivity contribution in [1.82, 2.24) is 24.5 Å². The molecule has 0 aliphatic heterocycles. The fourth-order valence-electron chi connectivity index (χ4n) is 2.79. The van der Waals surface area contributed by atoms with Crippen molar-refractivity contribution < 1.29 is 8.42 Å². The van der Waals surface area contributed by atoms with Crippen molar-refractivity contribution in [1.29, 1.82) is 0 Å². The van der Waals surface area contributed by atoms with Crippen LogP contribution in [0, 0.1) is 0 Å². The molecule has 2 aromatic carbocycles. The van der Waals surface area contributed by atoms with Crippen LogP contribution in [0.4, 0.5) is 5.82 Å². The minimum absolute atomic E-state index is 0.218. The van der Waals surface area contributed by atoms with Crippen LogP contribution in [0.2, 0.25) is 0 Å². The molecule has 0 fully saturated rings. The summed E-state index contributed by atoms with van der Waals surface area (Å²) < 4.78 is 28.8. The first-order valence-electron chi connectivity index (χ1n) is 8.68. The number of para-hydroxylation sites is 1. The lowest BCUT2D eigenvalue weighted by Crippen LogP contribution is -2.29. The third-order valence-corrected chi connectivity index (χ3v) is 5.61. The lowest BCUT2D eigenvalue weighted by Gasteiger charge is -2.09. The predicted octanol–water partition coefficient (Wildman–Crippen LogP) is 2.21. The highest BCUT2D eigenvalue weighted by Crippen LogP contribution is 2.21. The van der Waals surface area contributed by atoms with Crippen molar-refractivity contribution in [3.63, 3.8) is 0 Å². The first kappa shape index (κ1) is 18.1. The standard InChI is InChI=1S/C19H18N6O2S/c26-28(27,16-9-5-2-6-10-16)24-12-11-20-18-17-13-23-25(19(17)22-14-21-18)15-7-3-1-4-8-15/h1-10,13-14,24H,11-12H2,(H,20,21,22). The first-order valence-corrected chi connectivity index (χ1v) is 10.2. The summed E-state index contributed by atoms with van der Waals surface area (Å²) in [7, 11) is -3.53. The van der Waals surface area contributed by atoms with Crippen molar-refractivity contribution in [2.75, 3.05) is 18.4 Å². The van der Waals surface area contributed by atoms with Gasteiger partial charge in [0.1, 0.15) is 12.1 Å². The Hall–Kier alpha value is -3.30. The van der Waals surface area contributed by atoms with E-state index in [1.807, 2.05) is 30.3 Å². The van der Waals surface area contributed by atoms with Crippen molar-refractivity contribution in [3.8, 4) is 5.69 Å². The maximum Gasteiger partial charge on any atom is 0.240 e. The van der Waals surface area contributed by atoms with Gasteiger partial charge in [0, 0.05) is 13.1 Å². The molecule has 0 bridgehead atoms. The highest BCUT2D eigenvalue weighted by molar-refractivity contribution is 7.89. The number of nitrogens with one attached hydrogen (secondary N) is 2. The molecule has 2 heterocycles. The molecule has 2 N–H and O–H groups in total. The van der Waals surface area contributed by atoms with Crippen LogP contribution in [0.3, 0.4) is 0 Å². The minimum atomic E-state index is -3.53. The van der Waals surface area contributed by atoms with Crippen molar-refractivity contribution in [3.05, 3.63) is 73.2 Å². The minimum Gasteiger partial charge on any atom is -0.368 e. The number of anilines is 1. The number of rotatable bonds is 7. The van der Waals surface area contributed by atoms with Crippen molar-refractivity contribution >= 4 is 26.9 Å². The molecular formula is C19H18N6O2S. The van der Waals surface area contributed by atoms with Crippen LogP contribution in [0.25, 0.3) is 16.7 Å². The number of benzene rings is 2. The molecule has 4 aromatic rings. The largest absolute Gasteiger partial charge is 0.368 e. The van der Waals surface area contributed by atoms with E-state index in [0.29, 0.717) is 18.0 Å². The van der Waals surface area contributed by atoms with Gasteiger partial charge in [-0.1, -0.05) is 36.4 Å². The van der Waals surface area contributed by atoms with Crippen LogP contribution in [0.15, 0.2) is 78.1 Å². The van der Waals surface area contributed by atoms with Gasteiger partial charge in [-0.25, -0.2) is 27.8 Å². The van der Waals surface area contributed by atoms with Gasteiger partial charge in [-0.05, 0) is 24.3 Å². The van der Waals surface area contributed by atoms with Gasteiger partial charge < -0.3 is 5.32 Å². The average molecular weight is 394 g/mol. The van der Waals surface area contributed by atoms with E-state index in [1.54, 1.807) is 41.2 Å². The second-order valence-electron chi connectivity index (χ2n) is 5.99. The molecule has 9 heteroatoms. The lowest BCUT2D eigenvalue weighted by atomic mass is 10.3. The molecule has 0 atom stereocenters. The quantitative estimate of drug-likeness (QED) is 0.466. The van der Waals surface area contributed by atoms with Crippen molar-refractivity contribution in [2.24, 2.45) is 0 Å². The van der Waals surface area contributed by atoms with Gasteiger partial charge in [-0.15, -0.1) is 0 Å². The van der Waals surface area contributed by atoms with E-state index in [-0.39, 0.29) is 11.4 Å². The SMILES string of the molecule is O=S(=O)(NCCNc1ncnc2c1cnn2-c1ccccc1)c1ccccc1. The zero-order valence-corrected chi connectivity index (χ0v) is 15.7. The van der Waals surface area contributed by atoms with Gasteiger partial charge in [-0.3, -0.25) is 0 Å². The summed E-state index contributed by atoms with van der Waals surface area (Å²) >= 11 is 0. The Morgan fingerprint density at radius 1 is 0.893 bits per heavy atom. The zero-order chi connectivity index (χ0) is 19.4. The number of sulfonamides is 1. The molecule has 0 saturated heterocycles. The first-order chi connectivity index (χ1) is 13.6. The van der Waals surface area contributed by atoms with Gasteiger partial charge in [0.15, 0.2) is 5.65 Å². The van der Waals surface area contributed by atoms with E-state index >= 15 is 0 Å². The molecule has 0 aliphatic carbocycles. The smallest absolute Gasteiger partial charge is 0.240 e. The summed E-state index contributed by atoms with van der Waals surface area (Å²) in [6.45, 7) is 0.588. The molecule has 0 radical (unpaired) electrons. The summed E-state index contributed by atoms with van der Waals surface area (Å²) in [4.78, 5) is 8.82. The Labute approximate surface area is 162 Å². The van der Waals surface area contributed by atoms with E-state index in [4.69, 9.17) is 0 Å². The highest BCUT2D eigenvalue weighted by Gasteiger charge is 2.13. The average Bonchev–Trinajstić information content (AvgIpc) is 3.17. The summed E-state index contributed by atoms with van der Waals surface area (Å²) in [6.07, 6.45) is 3.15. The van der Waals surface area contributed by atoms with Crippen LogP contribution >= 0.6 is 0 Å². The number of nitrogens with zero attached hydrogens (tertiary/aromatic N) is 4. The molecule has 4 rings (SSSR count). The van der Waals surface area contributed by atoms with E-state index in [1.165, 1.54) is 6.33 Å². The van der Waals surface area contributed by atoms with E-state index in [9.17, 15) is 8.42 Å². The molecule has 0 unspecified atom stereocenters. The van der Waals surface area contributed by atoms with Crippen LogP contribution in [-0.4, -0.2) is 41.3 Å². The predicted molar refractivity (Wildman–Crippen MR) is 107 cm³/mol. The van der Waals surface area contributed by atoms with E-state index < -0.39 is 10.0 Å². The number of hydrogen-bond donors (Lipinski definition) is 2. The molecule has 8 nitrogen and oxygen atoms in total. The van der Waals surface area contributed by atoms with Crippen LogP contribution in [0.1, 0.15) is 0 Å². The second kappa shape index (κ2) is 7.75. The Morgan fingerprint density at radius 2 is 1.61 bits per heavy atom. The van der Waals surface area contributed by atoms with E-state index in [0.717, 1.165) is 11.1 Å². The van der Waals surface area contributed by atoms with Gasteiger partial charge in [0.05, 0.1) is 22.2 Å². The van der Waals surface area contributed by atoms with Gasteiger partial charge in [0.25, 0.3) is 0 Å². The molecule has 2 aromatic heterocycles. The second-order valence-corrected chi connectivity index (χ2v) is 7.76. The Balaban J connectivity index is 1.45. The van der Waals surface area contributed by atoms with Gasteiger partial charge in [-0.2, -0.15) is 5.10 Å². The molecule has 142 valence electrons. The molecule has 0 saturated carbocycles. The summed E-state index contributed by atoms with van der Waals surface area (Å²) in [5, 5.41) is 8.30. The third-order valence-electron chi connectivity index (χ3n) is 4.13. The van der Waals surface area contributed by atoms with Crippen LogP contribution in [0.5, 0.6) is 0 Å². The Morgan fingerprint density at radius 3 is 2.36 bits per heavy atom. The zero-order valence-electron chi connectivity index (χ0n) is 14.9. The fraction of sp³-hybridized carbons (Fsp3) is 0.105. The fourth-order valence-corrected chi connectivity index (χ4v) is 3.85. The summed E-state index contributed by atoms with van der Waals surface area (Å²) in [5.74, 6) is 0.603. The van der Waals surface area contributed by atoms with Crippen LogP contribution in [-0.2, 0) is 10.0 Å². The maximum absolute atomic E-state index is 12.2. The summed E-state index contributed by atoms with van der Waals surface area (Å²) in [6, 6.07) is 18.0. The number of fused-ring (bicyclic) bond motifs is 1. The molecule has 0 spiro atoms. The molecular weight excluding hydrogens is 376 g/mol. The monoisotopic (exact) mass is 394 g/mol. The normalized spacial score (nSPS) is 11.6. The van der Waals surface area contributed by atoms with Crippen molar-refractivity contribution in [2.45, 2.75) is 4.90 Å². The highest BCUT2D eigenvalue weighted by atomic mass is 32.2. The molecule has 0 amide bonds. The lowest BCUT2D eigenvalue weighted by molar-refractivity contribution is 0.583. The van der Waals surface area contributed by atoms with Gasteiger partial charge >= 0.3 is 0 Å². The number of hydrogen-bond acceptors (Lipinski definition) is 6. The topological polar surface area (TPSA) is 102 Å². The number of aromatic nitrogens is 4.